The summed E-state index contributed by atoms with van der Waals surface area (Å²) in [4.78, 5) is 10.7. The lowest BCUT2D eigenvalue weighted by molar-refractivity contribution is 0.0652. The van der Waals surface area contributed by atoms with E-state index in [9.17, 15) is 4.79 Å². The second-order valence-electron chi connectivity index (χ2n) is 4.07. The van der Waals surface area contributed by atoms with Crippen LogP contribution >= 0.6 is 0 Å². The molecular weight excluding hydrogens is 234 g/mol. The highest BCUT2D eigenvalue weighted by atomic mass is 16.5. The first-order valence-corrected chi connectivity index (χ1v) is 5.53. The molecule has 0 fully saturated rings. The van der Waals surface area contributed by atoms with Gasteiger partial charge in [-0.05, 0) is 38.1 Å². The first-order valence-electron chi connectivity index (χ1n) is 5.53. The van der Waals surface area contributed by atoms with Crippen molar-refractivity contribution in [2.75, 3.05) is 0 Å². The Morgan fingerprint density at radius 1 is 1.33 bits per heavy atom. The van der Waals surface area contributed by atoms with Crippen molar-refractivity contribution in [2.45, 2.75) is 20.0 Å². The van der Waals surface area contributed by atoms with Crippen LogP contribution in [0.3, 0.4) is 0 Å². The molecule has 0 radical (unpaired) electrons. The van der Waals surface area contributed by atoms with Crippen molar-refractivity contribution in [2.24, 2.45) is 0 Å². The van der Waals surface area contributed by atoms with Gasteiger partial charge in [-0.1, -0.05) is 5.16 Å². The summed E-state index contributed by atoms with van der Waals surface area (Å²) in [5.74, 6) is -0.545. The standard InChI is InChI=1S/C13H13NO4/c1-8(2)17-10-5-3-9(4-6-10)11-7-12(13(15)16)18-14-11/h3-8H,1-2H3,(H,15,16). The van der Waals surface area contributed by atoms with Crippen LogP contribution in [0.2, 0.25) is 0 Å². The zero-order chi connectivity index (χ0) is 13.1. The zero-order valence-corrected chi connectivity index (χ0v) is 10.1. The largest absolute Gasteiger partial charge is 0.491 e. The number of hydrogen-bond acceptors (Lipinski definition) is 4. The summed E-state index contributed by atoms with van der Waals surface area (Å²) in [6.07, 6.45) is 0.113. The average Bonchev–Trinajstić information content (AvgIpc) is 2.78. The fraction of sp³-hybridized carbons (Fsp3) is 0.231. The molecule has 0 saturated carbocycles. The molecule has 2 aromatic rings. The molecule has 5 heteroatoms. The van der Waals surface area contributed by atoms with Gasteiger partial charge in [-0.3, -0.25) is 0 Å². The first-order chi connectivity index (χ1) is 8.56. The Balaban J connectivity index is 2.20. The lowest BCUT2D eigenvalue weighted by Crippen LogP contribution is -2.05. The van der Waals surface area contributed by atoms with Gasteiger partial charge in [0.15, 0.2) is 0 Å². The SMILES string of the molecule is CC(C)Oc1ccc(-c2cc(C(=O)O)on2)cc1. The molecule has 5 nitrogen and oxygen atoms in total. The van der Waals surface area contributed by atoms with Gasteiger partial charge in [0.2, 0.25) is 5.76 Å². The lowest BCUT2D eigenvalue weighted by atomic mass is 10.1. The van der Waals surface area contributed by atoms with E-state index in [0.29, 0.717) is 5.69 Å². The lowest BCUT2D eigenvalue weighted by Gasteiger charge is -2.09. The van der Waals surface area contributed by atoms with Gasteiger partial charge in [-0.15, -0.1) is 0 Å². The van der Waals surface area contributed by atoms with Gasteiger partial charge < -0.3 is 14.4 Å². The summed E-state index contributed by atoms with van der Waals surface area (Å²) in [5, 5.41) is 12.4. The summed E-state index contributed by atoms with van der Waals surface area (Å²) in [7, 11) is 0. The van der Waals surface area contributed by atoms with Crippen molar-refractivity contribution in [3.8, 4) is 17.0 Å². The van der Waals surface area contributed by atoms with E-state index in [2.05, 4.69) is 5.16 Å². The Bertz CT molecular complexity index is 542. The van der Waals surface area contributed by atoms with Crippen LogP contribution in [0.1, 0.15) is 24.4 Å². The van der Waals surface area contributed by atoms with Gasteiger partial charge in [0.05, 0.1) is 6.10 Å². The molecule has 1 aromatic heterocycles. The normalized spacial score (nSPS) is 10.6. The molecule has 1 heterocycles. The van der Waals surface area contributed by atoms with E-state index in [4.69, 9.17) is 14.4 Å². The molecule has 2 rings (SSSR count). The molecule has 0 saturated heterocycles. The number of nitrogens with zero attached hydrogens (tertiary/aromatic N) is 1. The molecule has 1 N–H and O–H groups in total. The fourth-order valence-electron chi connectivity index (χ4n) is 1.49. The van der Waals surface area contributed by atoms with Crippen LogP contribution in [-0.2, 0) is 0 Å². The maximum atomic E-state index is 10.7. The van der Waals surface area contributed by atoms with E-state index >= 15 is 0 Å². The van der Waals surface area contributed by atoms with E-state index in [1.54, 1.807) is 12.1 Å². The van der Waals surface area contributed by atoms with Gasteiger partial charge in [-0.2, -0.15) is 0 Å². The summed E-state index contributed by atoms with van der Waals surface area (Å²) < 4.78 is 10.2. The van der Waals surface area contributed by atoms with Gasteiger partial charge in [0.1, 0.15) is 11.4 Å². The van der Waals surface area contributed by atoms with Crippen molar-refractivity contribution in [3.63, 3.8) is 0 Å². The molecule has 94 valence electrons. The minimum atomic E-state index is -1.13. The van der Waals surface area contributed by atoms with E-state index in [1.807, 2.05) is 26.0 Å². The van der Waals surface area contributed by atoms with Crippen molar-refractivity contribution in [3.05, 3.63) is 36.1 Å². The number of carboxylic acids is 1. The van der Waals surface area contributed by atoms with E-state index in [-0.39, 0.29) is 11.9 Å². The predicted molar refractivity (Wildman–Crippen MR) is 64.7 cm³/mol. The number of aromatic carboxylic acids is 1. The molecule has 0 spiro atoms. The van der Waals surface area contributed by atoms with Crippen molar-refractivity contribution >= 4 is 5.97 Å². The number of carbonyl (C=O) groups is 1. The number of ether oxygens (including phenoxy) is 1. The smallest absolute Gasteiger partial charge is 0.374 e. The molecule has 0 bridgehead atoms. The summed E-state index contributed by atoms with van der Waals surface area (Å²) in [6, 6.07) is 8.62. The Morgan fingerprint density at radius 3 is 2.50 bits per heavy atom. The second kappa shape index (κ2) is 4.91. The van der Waals surface area contributed by atoms with E-state index in [1.165, 1.54) is 6.07 Å². The average molecular weight is 247 g/mol. The van der Waals surface area contributed by atoms with Crippen LogP contribution in [0.4, 0.5) is 0 Å². The van der Waals surface area contributed by atoms with Gasteiger partial charge >= 0.3 is 5.97 Å². The van der Waals surface area contributed by atoms with Crippen molar-refractivity contribution in [1.82, 2.24) is 5.16 Å². The van der Waals surface area contributed by atoms with Crippen LogP contribution < -0.4 is 4.74 Å². The molecule has 18 heavy (non-hydrogen) atoms. The molecule has 0 atom stereocenters. The van der Waals surface area contributed by atoms with Crippen LogP contribution in [0.5, 0.6) is 5.75 Å². The Labute approximate surface area is 104 Å². The van der Waals surface area contributed by atoms with Gasteiger partial charge in [0.25, 0.3) is 0 Å². The zero-order valence-electron chi connectivity index (χ0n) is 10.1. The van der Waals surface area contributed by atoms with E-state index in [0.717, 1.165) is 11.3 Å². The van der Waals surface area contributed by atoms with Crippen molar-refractivity contribution in [1.29, 1.82) is 0 Å². The minimum absolute atomic E-state index is 0.113. The number of rotatable bonds is 4. The Kier molecular flexibility index (Phi) is 3.32. The van der Waals surface area contributed by atoms with E-state index < -0.39 is 5.97 Å². The highest BCUT2D eigenvalue weighted by Gasteiger charge is 2.12. The predicted octanol–water partition coefficient (Wildman–Crippen LogP) is 2.83. The number of carboxylic acid groups (broad SMARTS) is 1. The quantitative estimate of drug-likeness (QED) is 0.899. The summed E-state index contributed by atoms with van der Waals surface area (Å²) >= 11 is 0. The highest BCUT2D eigenvalue weighted by molar-refractivity contribution is 5.85. The second-order valence-corrected chi connectivity index (χ2v) is 4.07. The molecule has 0 unspecified atom stereocenters. The topological polar surface area (TPSA) is 72.6 Å². The Hall–Kier alpha value is -2.30. The number of aromatic nitrogens is 1. The van der Waals surface area contributed by atoms with Gasteiger partial charge in [-0.25, -0.2) is 4.79 Å². The third-order valence-electron chi connectivity index (χ3n) is 2.24. The number of hydrogen-bond donors (Lipinski definition) is 1. The molecule has 0 aliphatic carbocycles. The monoisotopic (exact) mass is 247 g/mol. The molecule has 0 aliphatic heterocycles. The maximum Gasteiger partial charge on any atom is 0.374 e. The number of benzene rings is 1. The fourth-order valence-corrected chi connectivity index (χ4v) is 1.49. The molecule has 0 aliphatic rings. The molecule has 1 aromatic carbocycles. The molecule has 0 amide bonds. The van der Waals surface area contributed by atoms with Crippen LogP contribution in [0, 0.1) is 0 Å². The van der Waals surface area contributed by atoms with Crippen molar-refractivity contribution < 1.29 is 19.2 Å². The molecular formula is C13H13NO4. The minimum Gasteiger partial charge on any atom is -0.491 e. The van der Waals surface area contributed by atoms with Crippen LogP contribution in [0.25, 0.3) is 11.3 Å². The summed E-state index contributed by atoms with van der Waals surface area (Å²) in [5.41, 5.74) is 1.27. The Morgan fingerprint density at radius 2 is 2.00 bits per heavy atom. The van der Waals surface area contributed by atoms with Crippen LogP contribution in [0.15, 0.2) is 34.9 Å². The first kappa shape index (κ1) is 12.2. The highest BCUT2D eigenvalue weighted by Crippen LogP contribution is 2.22. The maximum absolute atomic E-state index is 10.7. The summed E-state index contributed by atoms with van der Waals surface area (Å²) in [6.45, 7) is 3.90. The third-order valence-corrected chi connectivity index (χ3v) is 2.24. The third kappa shape index (κ3) is 2.68. The van der Waals surface area contributed by atoms with Gasteiger partial charge in [0, 0.05) is 11.6 Å². The van der Waals surface area contributed by atoms with Crippen LogP contribution in [-0.4, -0.2) is 22.3 Å².